The van der Waals surface area contributed by atoms with Gasteiger partial charge < -0.3 is 24.8 Å². The van der Waals surface area contributed by atoms with Gasteiger partial charge in [0.05, 0.1) is 19.9 Å². The van der Waals surface area contributed by atoms with E-state index in [1.165, 1.54) is 0 Å². The molecule has 0 saturated carbocycles. The van der Waals surface area contributed by atoms with Crippen LogP contribution in [0.25, 0.3) is 0 Å². The highest BCUT2D eigenvalue weighted by Crippen LogP contribution is 2.29. The molecule has 1 heterocycles. The van der Waals surface area contributed by atoms with E-state index in [1.807, 2.05) is 60.7 Å². The number of guanidine groups is 1. The lowest BCUT2D eigenvalue weighted by atomic mass is 10.2. The van der Waals surface area contributed by atoms with Crippen LogP contribution in [-0.2, 0) is 13.2 Å². The molecule has 0 aliphatic rings. The van der Waals surface area contributed by atoms with E-state index >= 15 is 0 Å². The third-order valence-corrected chi connectivity index (χ3v) is 4.37. The highest BCUT2D eigenvalue weighted by molar-refractivity contribution is 14.0. The molecule has 3 aromatic rings. The van der Waals surface area contributed by atoms with E-state index in [1.54, 1.807) is 27.5 Å². The zero-order chi connectivity index (χ0) is 21.2. The van der Waals surface area contributed by atoms with Crippen LogP contribution in [0.1, 0.15) is 11.3 Å². The number of nitrogens with one attached hydrogen (secondary N) is 2. The Morgan fingerprint density at radius 1 is 0.968 bits per heavy atom. The first kappa shape index (κ1) is 24.3. The molecule has 0 saturated heterocycles. The molecule has 2 N–H and O–H groups in total. The predicted molar refractivity (Wildman–Crippen MR) is 134 cm³/mol. The Morgan fingerprint density at radius 2 is 1.74 bits per heavy atom. The summed E-state index contributed by atoms with van der Waals surface area (Å²) in [5.74, 6) is 2.78. The molecular weight excluding hydrogens is 507 g/mol. The SMILES string of the molecule is CN=C(NCc1ccc(OCc2ccccn2)cc1)Nc1ccc(OC)c(OC)c1.I. The van der Waals surface area contributed by atoms with E-state index < -0.39 is 0 Å². The van der Waals surface area contributed by atoms with Crippen LogP contribution in [0.5, 0.6) is 17.2 Å². The Morgan fingerprint density at radius 3 is 2.39 bits per heavy atom. The summed E-state index contributed by atoms with van der Waals surface area (Å²) in [4.78, 5) is 8.52. The lowest BCUT2D eigenvalue weighted by Crippen LogP contribution is -2.30. The van der Waals surface area contributed by atoms with Crippen LogP contribution in [0.4, 0.5) is 5.69 Å². The molecule has 0 atom stereocenters. The second kappa shape index (κ2) is 12.6. The zero-order valence-corrected chi connectivity index (χ0v) is 20.1. The van der Waals surface area contributed by atoms with Gasteiger partial charge in [0.2, 0.25) is 0 Å². The fraction of sp³-hybridized carbons (Fsp3) is 0.217. The molecule has 0 aliphatic carbocycles. The van der Waals surface area contributed by atoms with Gasteiger partial charge in [0.1, 0.15) is 12.4 Å². The van der Waals surface area contributed by atoms with Crippen molar-refractivity contribution in [2.75, 3.05) is 26.6 Å². The highest BCUT2D eigenvalue weighted by atomic mass is 127. The number of aliphatic imine (C=N–C) groups is 1. The molecule has 0 radical (unpaired) electrons. The van der Waals surface area contributed by atoms with E-state index in [4.69, 9.17) is 14.2 Å². The van der Waals surface area contributed by atoms with Gasteiger partial charge in [0.15, 0.2) is 17.5 Å². The van der Waals surface area contributed by atoms with Gasteiger partial charge in [-0.05, 0) is 42.0 Å². The van der Waals surface area contributed by atoms with Gasteiger partial charge in [-0.3, -0.25) is 9.98 Å². The standard InChI is InChI=1S/C23H26N4O3.HI/c1-24-23(27-18-9-12-21(28-2)22(14-18)29-3)26-15-17-7-10-20(11-8-17)30-16-19-6-4-5-13-25-19;/h4-14H,15-16H2,1-3H3,(H2,24,26,27);1H. The normalized spacial score (nSPS) is 10.6. The second-order valence-corrected chi connectivity index (χ2v) is 6.37. The maximum atomic E-state index is 5.77. The maximum absolute atomic E-state index is 5.77. The summed E-state index contributed by atoms with van der Waals surface area (Å²) in [5.41, 5.74) is 2.85. The van der Waals surface area contributed by atoms with Crippen molar-refractivity contribution in [1.82, 2.24) is 10.3 Å². The van der Waals surface area contributed by atoms with E-state index in [2.05, 4.69) is 20.6 Å². The summed E-state index contributed by atoms with van der Waals surface area (Å²) < 4.78 is 16.4. The lowest BCUT2D eigenvalue weighted by molar-refractivity contribution is 0.301. The Labute approximate surface area is 199 Å². The van der Waals surface area contributed by atoms with Gasteiger partial charge in [-0.2, -0.15) is 0 Å². The molecule has 164 valence electrons. The van der Waals surface area contributed by atoms with E-state index in [-0.39, 0.29) is 24.0 Å². The second-order valence-electron chi connectivity index (χ2n) is 6.37. The molecule has 7 nitrogen and oxygen atoms in total. The quantitative estimate of drug-likeness (QED) is 0.252. The molecule has 0 spiro atoms. The number of aromatic nitrogens is 1. The molecule has 2 aromatic carbocycles. The number of nitrogens with zero attached hydrogens (tertiary/aromatic N) is 2. The largest absolute Gasteiger partial charge is 0.493 e. The van der Waals surface area contributed by atoms with Crippen LogP contribution in [0, 0.1) is 0 Å². The average Bonchev–Trinajstić information content (AvgIpc) is 2.81. The van der Waals surface area contributed by atoms with Crippen LogP contribution in [0.3, 0.4) is 0 Å². The minimum absolute atomic E-state index is 0. The van der Waals surface area contributed by atoms with Crippen LogP contribution in [-0.4, -0.2) is 32.2 Å². The molecule has 0 fully saturated rings. The van der Waals surface area contributed by atoms with Crippen molar-refractivity contribution in [3.63, 3.8) is 0 Å². The maximum Gasteiger partial charge on any atom is 0.195 e. The van der Waals surface area contributed by atoms with Crippen LogP contribution < -0.4 is 24.8 Å². The summed E-state index contributed by atoms with van der Waals surface area (Å²) >= 11 is 0. The lowest BCUT2D eigenvalue weighted by Gasteiger charge is -2.14. The van der Waals surface area contributed by atoms with Gasteiger partial charge in [-0.25, -0.2) is 0 Å². The molecule has 0 bridgehead atoms. The molecule has 31 heavy (non-hydrogen) atoms. The van der Waals surface area contributed by atoms with Crippen LogP contribution in [0.2, 0.25) is 0 Å². The van der Waals surface area contributed by atoms with Crippen molar-refractivity contribution < 1.29 is 14.2 Å². The number of benzene rings is 2. The number of ether oxygens (including phenoxy) is 3. The van der Waals surface area contributed by atoms with E-state index in [0.29, 0.717) is 30.6 Å². The van der Waals surface area contributed by atoms with Crippen molar-refractivity contribution in [3.8, 4) is 17.2 Å². The summed E-state index contributed by atoms with van der Waals surface area (Å²) in [7, 11) is 4.95. The summed E-state index contributed by atoms with van der Waals surface area (Å²) in [5, 5.41) is 6.54. The molecule has 3 rings (SSSR count). The average molecular weight is 534 g/mol. The Kier molecular flexibility index (Phi) is 9.89. The first-order valence-corrected chi connectivity index (χ1v) is 9.53. The molecule has 0 amide bonds. The third-order valence-electron chi connectivity index (χ3n) is 4.37. The van der Waals surface area contributed by atoms with Gasteiger partial charge in [-0.15, -0.1) is 24.0 Å². The molecule has 1 aromatic heterocycles. The minimum atomic E-state index is 0. The zero-order valence-electron chi connectivity index (χ0n) is 17.8. The first-order valence-electron chi connectivity index (χ1n) is 9.53. The Hall–Kier alpha value is -3.01. The number of methoxy groups -OCH3 is 2. The molecular formula is C23H27IN4O3. The van der Waals surface area contributed by atoms with Gasteiger partial charge in [0.25, 0.3) is 0 Å². The van der Waals surface area contributed by atoms with Crippen LogP contribution in [0.15, 0.2) is 71.9 Å². The van der Waals surface area contributed by atoms with Crippen LogP contribution >= 0.6 is 24.0 Å². The van der Waals surface area contributed by atoms with E-state index in [9.17, 15) is 0 Å². The monoisotopic (exact) mass is 534 g/mol. The topological polar surface area (TPSA) is 77.0 Å². The number of pyridine rings is 1. The smallest absolute Gasteiger partial charge is 0.195 e. The Balaban J connectivity index is 0.00000341. The molecule has 0 unspecified atom stereocenters. The third kappa shape index (κ3) is 7.32. The summed E-state index contributed by atoms with van der Waals surface area (Å²) in [6, 6.07) is 19.3. The molecule has 8 heteroatoms. The predicted octanol–water partition coefficient (Wildman–Crippen LogP) is 4.48. The van der Waals surface area contributed by atoms with Crippen molar-refractivity contribution in [2.45, 2.75) is 13.2 Å². The number of halogens is 1. The van der Waals surface area contributed by atoms with Crippen molar-refractivity contribution in [1.29, 1.82) is 0 Å². The van der Waals surface area contributed by atoms with Gasteiger partial charge in [-0.1, -0.05) is 18.2 Å². The van der Waals surface area contributed by atoms with Crippen molar-refractivity contribution in [2.24, 2.45) is 4.99 Å². The van der Waals surface area contributed by atoms with Gasteiger partial charge in [0, 0.05) is 31.5 Å². The first-order chi connectivity index (χ1) is 14.7. The fourth-order valence-electron chi connectivity index (χ4n) is 2.76. The summed E-state index contributed by atoms with van der Waals surface area (Å²) in [6.45, 7) is 1.06. The van der Waals surface area contributed by atoms with Crippen molar-refractivity contribution >= 4 is 35.6 Å². The Bertz CT molecular complexity index is 966. The number of rotatable bonds is 8. The highest BCUT2D eigenvalue weighted by Gasteiger charge is 2.06. The number of hydrogen-bond donors (Lipinski definition) is 2. The summed E-state index contributed by atoms with van der Waals surface area (Å²) in [6.07, 6.45) is 1.76. The molecule has 0 aliphatic heterocycles. The van der Waals surface area contributed by atoms with E-state index in [0.717, 1.165) is 22.7 Å². The van der Waals surface area contributed by atoms with Gasteiger partial charge >= 0.3 is 0 Å². The number of anilines is 1. The van der Waals surface area contributed by atoms with Crippen molar-refractivity contribution in [3.05, 3.63) is 78.1 Å². The number of hydrogen-bond acceptors (Lipinski definition) is 5. The minimum Gasteiger partial charge on any atom is -0.493 e. The fourth-order valence-corrected chi connectivity index (χ4v) is 2.76.